The molecule has 0 spiro atoms. The first-order chi connectivity index (χ1) is 7.78. The minimum absolute atomic E-state index is 0.334. The number of hydrogen-bond donors (Lipinski definition) is 1. The van der Waals surface area contributed by atoms with Crippen LogP contribution in [0.1, 0.15) is 12.6 Å². The van der Waals surface area contributed by atoms with Crippen molar-refractivity contribution in [3.63, 3.8) is 0 Å². The minimum atomic E-state index is 0.334. The Morgan fingerprint density at radius 1 is 1.62 bits per heavy atom. The van der Waals surface area contributed by atoms with Crippen LogP contribution in [0.2, 0.25) is 0 Å². The van der Waals surface area contributed by atoms with Crippen LogP contribution in [0.3, 0.4) is 0 Å². The molecule has 1 unspecified atom stereocenters. The summed E-state index contributed by atoms with van der Waals surface area (Å²) in [5.74, 6) is 0. The van der Waals surface area contributed by atoms with Crippen molar-refractivity contribution in [3.8, 4) is 0 Å². The summed E-state index contributed by atoms with van der Waals surface area (Å²) in [7, 11) is 1.93. The lowest BCUT2D eigenvalue weighted by molar-refractivity contribution is -0.0215. The van der Waals surface area contributed by atoms with Crippen LogP contribution in [0, 0.1) is 0 Å². The van der Waals surface area contributed by atoms with Crippen molar-refractivity contribution in [2.24, 2.45) is 0 Å². The largest absolute Gasteiger partial charge is 0.388 e. The lowest BCUT2D eigenvalue weighted by Crippen LogP contribution is -2.40. The van der Waals surface area contributed by atoms with Crippen LogP contribution in [-0.4, -0.2) is 42.7 Å². The maximum Gasteiger partial charge on any atom is 0.0674 e. The number of anilines is 1. The van der Waals surface area contributed by atoms with Crippen molar-refractivity contribution in [1.29, 1.82) is 0 Å². The predicted octanol–water partition coefficient (Wildman–Crippen LogP) is 1.34. The highest BCUT2D eigenvalue weighted by molar-refractivity contribution is 5.42. The van der Waals surface area contributed by atoms with Gasteiger partial charge in [-0.1, -0.05) is 0 Å². The van der Waals surface area contributed by atoms with E-state index in [9.17, 15) is 0 Å². The molecule has 0 bridgehead atoms. The van der Waals surface area contributed by atoms with E-state index in [0.29, 0.717) is 6.10 Å². The minimum Gasteiger partial charge on any atom is -0.388 e. The molecule has 1 saturated heterocycles. The highest BCUT2D eigenvalue weighted by Gasteiger charge is 2.16. The van der Waals surface area contributed by atoms with Gasteiger partial charge >= 0.3 is 0 Å². The summed E-state index contributed by atoms with van der Waals surface area (Å²) in [6.07, 6.45) is 2.19. The second-order valence-electron chi connectivity index (χ2n) is 4.20. The van der Waals surface area contributed by atoms with Crippen LogP contribution >= 0.6 is 0 Å². The molecule has 1 aromatic heterocycles. The normalized spacial score (nSPS) is 22.0. The highest BCUT2D eigenvalue weighted by atomic mass is 16.5. The number of morpholine rings is 1. The smallest absolute Gasteiger partial charge is 0.0674 e. The van der Waals surface area contributed by atoms with Crippen molar-refractivity contribution < 1.29 is 4.74 Å². The van der Waals surface area contributed by atoms with E-state index in [4.69, 9.17) is 4.74 Å². The molecule has 4 heteroatoms. The number of pyridine rings is 1. The van der Waals surface area contributed by atoms with Gasteiger partial charge in [0.05, 0.1) is 18.4 Å². The molecule has 2 heterocycles. The zero-order valence-corrected chi connectivity index (χ0v) is 9.94. The Balaban J connectivity index is 1.97. The van der Waals surface area contributed by atoms with Gasteiger partial charge in [-0.25, -0.2) is 0 Å². The number of nitrogens with zero attached hydrogens (tertiary/aromatic N) is 2. The Labute approximate surface area is 96.6 Å². The van der Waals surface area contributed by atoms with E-state index in [0.717, 1.165) is 37.6 Å². The molecule has 4 nitrogen and oxygen atoms in total. The summed E-state index contributed by atoms with van der Waals surface area (Å²) in [6.45, 7) is 5.83. The SMILES string of the molecule is CNc1ccnc(CN2CCOC(C)C2)c1. The molecule has 1 aliphatic rings. The Kier molecular flexibility index (Phi) is 3.74. The number of ether oxygens (including phenoxy) is 1. The number of hydrogen-bond acceptors (Lipinski definition) is 4. The summed E-state index contributed by atoms with van der Waals surface area (Å²) in [5.41, 5.74) is 2.23. The molecule has 0 amide bonds. The van der Waals surface area contributed by atoms with Gasteiger partial charge in [-0.2, -0.15) is 0 Å². The van der Waals surface area contributed by atoms with E-state index < -0.39 is 0 Å². The Bertz CT molecular complexity index is 343. The molecule has 0 aliphatic carbocycles. The summed E-state index contributed by atoms with van der Waals surface area (Å²) >= 11 is 0. The number of aromatic nitrogens is 1. The van der Waals surface area contributed by atoms with Crippen LogP contribution in [0.25, 0.3) is 0 Å². The van der Waals surface area contributed by atoms with Crippen LogP contribution in [0.4, 0.5) is 5.69 Å². The van der Waals surface area contributed by atoms with Crippen molar-refractivity contribution in [2.45, 2.75) is 19.6 Å². The molecule has 1 N–H and O–H groups in total. The van der Waals surface area contributed by atoms with E-state index >= 15 is 0 Å². The zero-order valence-electron chi connectivity index (χ0n) is 9.94. The molecule has 0 aromatic carbocycles. The van der Waals surface area contributed by atoms with Gasteiger partial charge in [0.15, 0.2) is 0 Å². The first kappa shape index (κ1) is 11.4. The van der Waals surface area contributed by atoms with Crippen molar-refractivity contribution in [2.75, 3.05) is 32.1 Å². The summed E-state index contributed by atoms with van der Waals surface area (Å²) < 4.78 is 5.52. The van der Waals surface area contributed by atoms with Crippen LogP contribution < -0.4 is 5.32 Å². The van der Waals surface area contributed by atoms with Crippen LogP contribution in [0.15, 0.2) is 18.3 Å². The lowest BCUT2D eigenvalue weighted by Gasteiger charge is -2.30. The highest BCUT2D eigenvalue weighted by Crippen LogP contribution is 2.11. The van der Waals surface area contributed by atoms with Crippen molar-refractivity contribution >= 4 is 5.69 Å². The third-order valence-electron chi connectivity index (χ3n) is 2.82. The van der Waals surface area contributed by atoms with Gasteiger partial charge in [0.1, 0.15) is 0 Å². The first-order valence-corrected chi connectivity index (χ1v) is 5.74. The number of nitrogens with one attached hydrogen (secondary N) is 1. The molecular formula is C12H19N3O. The second kappa shape index (κ2) is 5.27. The monoisotopic (exact) mass is 221 g/mol. The summed E-state index contributed by atoms with van der Waals surface area (Å²) in [6, 6.07) is 4.07. The van der Waals surface area contributed by atoms with Crippen molar-refractivity contribution in [3.05, 3.63) is 24.0 Å². The first-order valence-electron chi connectivity index (χ1n) is 5.74. The maximum absolute atomic E-state index is 5.52. The quantitative estimate of drug-likeness (QED) is 0.836. The van der Waals surface area contributed by atoms with E-state index in [1.807, 2.05) is 19.3 Å². The molecule has 1 atom stereocenters. The van der Waals surface area contributed by atoms with E-state index in [2.05, 4.69) is 28.2 Å². The maximum atomic E-state index is 5.52. The van der Waals surface area contributed by atoms with E-state index in [1.54, 1.807) is 0 Å². The standard InChI is InChI=1S/C12H19N3O/c1-10-8-15(5-6-16-10)9-12-7-11(13-2)3-4-14-12/h3-4,7,10H,5-6,8-9H2,1-2H3,(H,13,14). The predicted molar refractivity (Wildman–Crippen MR) is 64.5 cm³/mol. The Morgan fingerprint density at radius 2 is 2.50 bits per heavy atom. The topological polar surface area (TPSA) is 37.4 Å². The van der Waals surface area contributed by atoms with Crippen molar-refractivity contribution in [1.82, 2.24) is 9.88 Å². The molecular weight excluding hydrogens is 202 g/mol. The molecule has 0 saturated carbocycles. The third-order valence-corrected chi connectivity index (χ3v) is 2.82. The number of rotatable bonds is 3. The molecule has 16 heavy (non-hydrogen) atoms. The third kappa shape index (κ3) is 2.93. The average Bonchev–Trinajstić information content (AvgIpc) is 2.29. The molecule has 1 aromatic rings. The average molecular weight is 221 g/mol. The van der Waals surface area contributed by atoms with E-state index in [1.165, 1.54) is 0 Å². The fourth-order valence-electron chi connectivity index (χ4n) is 1.98. The van der Waals surface area contributed by atoms with Crippen LogP contribution in [-0.2, 0) is 11.3 Å². The molecule has 1 aliphatic heterocycles. The Hall–Kier alpha value is -1.13. The molecule has 2 rings (SSSR count). The van der Waals surface area contributed by atoms with Gasteiger partial charge in [0.25, 0.3) is 0 Å². The van der Waals surface area contributed by atoms with Gasteiger partial charge in [-0.15, -0.1) is 0 Å². The lowest BCUT2D eigenvalue weighted by atomic mass is 10.2. The van der Waals surface area contributed by atoms with Gasteiger partial charge in [-0.3, -0.25) is 9.88 Å². The molecule has 88 valence electrons. The Morgan fingerprint density at radius 3 is 3.25 bits per heavy atom. The van der Waals surface area contributed by atoms with Gasteiger partial charge in [0.2, 0.25) is 0 Å². The summed E-state index contributed by atoms with van der Waals surface area (Å²) in [4.78, 5) is 6.77. The van der Waals surface area contributed by atoms with Gasteiger partial charge in [0, 0.05) is 38.6 Å². The van der Waals surface area contributed by atoms with Crippen LogP contribution in [0.5, 0.6) is 0 Å². The van der Waals surface area contributed by atoms with E-state index in [-0.39, 0.29) is 0 Å². The fraction of sp³-hybridized carbons (Fsp3) is 0.583. The second-order valence-corrected chi connectivity index (χ2v) is 4.20. The molecule has 0 radical (unpaired) electrons. The zero-order chi connectivity index (χ0) is 11.4. The summed E-state index contributed by atoms with van der Waals surface area (Å²) in [5, 5.41) is 3.13. The molecule has 1 fully saturated rings. The fourth-order valence-corrected chi connectivity index (χ4v) is 1.98. The van der Waals surface area contributed by atoms with Gasteiger partial charge < -0.3 is 10.1 Å². The van der Waals surface area contributed by atoms with Gasteiger partial charge in [-0.05, 0) is 19.1 Å².